The Labute approximate surface area is 81.8 Å². The van der Waals surface area contributed by atoms with E-state index in [2.05, 4.69) is 4.99 Å². The van der Waals surface area contributed by atoms with E-state index in [1.54, 1.807) is 13.8 Å². The van der Waals surface area contributed by atoms with Crippen LogP contribution < -0.4 is 0 Å². The van der Waals surface area contributed by atoms with Gasteiger partial charge in [-0.3, -0.25) is 4.99 Å². The molecule has 0 aromatic rings. The molecule has 0 aromatic heterocycles. The predicted octanol–water partition coefficient (Wildman–Crippen LogP) is 2.10. The van der Waals surface area contributed by atoms with E-state index in [-0.39, 0.29) is 18.5 Å². The number of rotatable bonds is 0. The molecule has 0 aromatic carbocycles. The summed E-state index contributed by atoms with van der Waals surface area (Å²) in [6.07, 6.45) is -4.28. The average molecular weight is 208 g/mol. The molecule has 0 N–H and O–H groups in total. The van der Waals surface area contributed by atoms with Gasteiger partial charge in [0.1, 0.15) is 5.71 Å². The molecule has 0 radical (unpaired) electrons. The fourth-order valence-electron chi connectivity index (χ4n) is 1.58. The van der Waals surface area contributed by atoms with Gasteiger partial charge in [-0.05, 0) is 20.9 Å². The fourth-order valence-corrected chi connectivity index (χ4v) is 1.58. The Hall–Kier alpha value is -0.580. The Morgan fingerprint density at radius 2 is 1.93 bits per heavy atom. The molecular formula is C9H15F3N2. The van der Waals surface area contributed by atoms with E-state index < -0.39 is 11.9 Å². The zero-order valence-electron chi connectivity index (χ0n) is 8.60. The van der Waals surface area contributed by atoms with Crippen LogP contribution in [-0.2, 0) is 0 Å². The van der Waals surface area contributed by atoms with Gasteiger partial charge < -0.3 is 4.90 Å². The second-order valence-electron chi connectivity index (χ2n) is 3.92. The molecule has 0 aliphatic carbocycles. The molecule has 0 fully saturated rings. The van der Waals surface area contributed by atoms with Crippen LogP contribution in [0.1, 0.15) is 20.3 Å². The lowest BCUT2D eigenvalue weighted by Crippen LogP contribution is -2.34. The van der Waals surface area contributed by atoms with Crippen molar-refractivity contribution in [2.75, 3.05) is 13.6 Å². The highest BCUT2D eigenvalue weighted by Gasteiger charge is 2.38. The Balaban J connectivity index is 2.85. The van der Waals surface area contributed by atoms with Crippen LogP contribution in [-0.4, -0.2) is 42.5 Å². The quantitative estimate of drug-likeness (QED) is 0.595. The van der Waals surface area contributed by atoms with Crippen LogP contribution >= 0.6 is 0 Å². The van der Waals surface area contributed by atoms with Crippen molar-refractivity contribution in [1.29, 1.82) is 0 Å². The van der Waals surface area contributed by atoms with Crippen LogP contribution in [0.4, 0.5) is 13.2 Å². The maximum absolute atomic E-state index is 12.4. The van der Waals surface area contributed by atoms with Crippen LogP contribution in [0.2, 0.25) is 0 Å². The molecule has 5 heteroatoms. The summed E-state index contributed by atoms with van der Waals surface area (Å²) in [7, 11) is 1.83. The minimum atomic E-state index is -4.27. The predicted molar refractivity (Wildman–Crippen MR) is 49.7 cm³/mol. The molecule has 1 rings (SSSR count). The lowest BCUT2D eigenvalue weighted by molar-refractivity contribution is -0.0611. The maximum atomic E-state index is 12.4. The van der Waals surface area contributed by atoms with E-state index in [1.807, 2.05) is 11.9 Å². The summed E-state index contributed by atoms with van der Waals surface area (Å²) in [5, 5.41) is 0. The van der Waals surface area contributed by atoms with Gasteiger partial charge in [0.05, 0.1) is 6.04 Å². The van der Waals surface area contributed by atoms with Gasteiger partial charge in [-0.25, -0.2) is 0 Å². The molecule has 1 aliphatic rings. The Kier molecular flexibility index (Phi) is 3.19. The average Bonchev–Trinajstić information content (AvgIpc) is 2.11. The first-order valence-corrected chi connectivity index (χ1v) is 4.65. The molecule has 82 valence electrons. The molecule has 2 nitrogen and oxygen atoms in total. The van der Waals surface area contributed by atoms with Crippen molar-refractivity contribution in [2.45, 2.75) is 38.5 Å². The third kappa shape index (κ3) is 2.70. The van der Waals surface area contributed by atoms with Crippen LogP contribution in [0.5, 0.6) is 0 Å². The largest absolute Gasteiger partial charge is 0.429 e. The molecule has 0 saturated carbocycles. The van der Waals surface area contributed by atoms with Crippen molar-refractivity contribution in [1.82, 2.24) is 4.90 Å². The molecule has 14 heavy (non-hydrogen) atoms. The number of aliphatic imine (C=N–C) groups is 1. The van der Waals surface area contributed by atoms with Gasteiger partial charge in [0.2, 0.25) is 0 Å². The highest BCUT2D eigenvalue weighted by molar-refractivity contribution is 5.90. The van der Waals surface area contributed by atoms with Crippen molar-refractivity contribution >= 4 is 5.71 Å². The number of hydrogen-bond donors (Lipinski definition) is 0. The van der Waals surface area contributed by atoms with Gasteiger partial charge in [0.25, 0.3) is 0 Å². The zero-order valence-corrected chi connectivity index (χ0v) is 8.60. The summed E-state index contributed by atoms with van der Waals surface area (Å²) < 4.78 is 37.3. The van der Waals surface area contributed by atoms with Crippen molar-refractivity contribution in [3.63, 3.8) is 0 Å². The number of likely N-dealkylation sites (N-methyl/N-ethyl adjacent to an activating group) is 1. The van der Waals surface area contributed by atoms with Gasteiger partial charge in [-0.15, -0.1) is 0 Å². The first kappa shape index (κ1) is 11.5. The van der Waals surface area contributed by atoms with Gasteiger partial charge in [-0.2, -0.15) is 13.2 Å². The van der Waals surface area contributed by atoms with E-state index in [0.29, 0.717) is 6.54 Å². The fraction of sp³-hybridized carbons (Fsp3) is 0.889. The van der Waals surface area contributed by atoms with Crippen molar-refractivity contribution in [2.24, 2.45) is 4.99 Å². The lowest BCUT2D eigenvalue weighted by atomic mass is 10.1. The molecule has 0 saturated heterocycles. The monoisotopic (exact) mass is 208 g/mol. The van der Waals surface area contributed by atoms with E-state index in [9.17, 15) is 13.2 Å². The summed E-state index contributed by atoms with van der Waals surface area (Å²) in [6, 6.07) is -0.373. The number of hydrogen-bond acceptors (Lipinski definition) is 2. The van der Waals surface area contributed by atoms with Crippen molar-refractivity contribution in [3.05, 3.63) is 0 Å². The Morgan fingerprint density at radius 1 is 1.36 bits per heavy atom. The standard InChI is InChI=1S/C9H15F3N2/c1-6-5-14(3)7(2)4-8(13-6)9(10,11)12/h6-7H,4-5H2,1-3H3/t6-,7?/m0/s1. The first-order chi connectivity index (χ1) is 6.30. The Bertz CT molecular complexity index is 235. The minimum Gasteiger partial charge on any atom is -0.301 e. The van der Waals surface area contributed by atoms with Crippen molar-refractivity contribution < 1.29 is 13.2 Å². The normalized spacial score (nSPS) is 31.1. The number of alkyl halides is 3. The van der Waals surface area contributed by atoms with E-state index in [0.717, 1.165) is 0 Å². The van der Waals surface area contributed by atoms with E-state index in [4.69, 9.17) is 0 Å². The van der Waals surface area contributed by atoms with Crippen LogP contribution in [0.3, 0.4) is 0 Å². The van der Waals surface area contributed by atoms with Crippen molar-refractivity contribution in [3.8, 4) is 0 Å². The molecule has 0 amide bonds. The minimum absolute atomic E-state index is 0.00958. The summed E-state index contributed by atoms with van der Waals surface area (Å²) in [6.45, 7) is 4.08. The number of halogens is 3. The first-order valence-electron chi connectivity index (χ1n) is 4.65. The summed E-state index contributed by atoms with van der Waals surface area (Å²) in [5.41, 5.74) is -0.623. The highest BCUT2D eigenvalue weighted by Crippen LogP contribution is 2.24. The molecule has 1 heterocycles. The smallest absolute Gasteiger partial charge is 0.301 e. The molecule has 1 unspecified atom stereocenters. The summed E-state index contributed by atoms with van der Waals surface area (Å²) in [4.78, 5) is 5.61. The summed E-state index contributed by atoms with van der Waals surface area (Å²) >= 11 is 0. The second kappa shape index (κ2) is 3.88. The van der Waals surface area contributed by atoms with Gasteiger partial charge >= 0.3 is 6.18 Å². The highest BCUT2D eigenvalue weighted by atomic mass is 19.4. The third-order valence-corrected chi connectivity index (χ3v) is 2.50. The van der Waals surface area contributed by atoms with E-state index >= 15 is 0 Å². The van der Waals surface area contributed by atoms with Crippen LogP contribution in [0.15, 0.2) is 4.99 Å². The van der Waals surface area contributed by atoms with Gasteiger partial charge in [0.15, 0.2) is 0 Å². The zero-order chi connectivity index (χ0) is 10.9. The SMILES string of the molecule is CC1CC(C(F)(F)F)=N[C@@H](C)CN1C. The lowest BCUT2D eigenvalue weighted by Gasteiger charge is -2.22. The molecule has 0 bridgehead atoms. The van der Waals surface area contributed by atoms with Gasteiger partial charge in [-0.1, -0.05) is 0 Å². The van der Waals surface area contributed by atoms with Crippen LogP contribution in [0.25, 0.3) is 0 Å². The van der Waals surface area contributed by atoms with Gasteiger partial charge in [0, 0.05) is 19.0 Å². The van der Waals surface area contributed by atoms with E-state index in [1.165, 1.54) is 0 Å². The molecule has 2 atom stereocenters. The molecule has 1 aliphatic heterocycles. The third-order valence-electron chi connectivity index (χ3n) is 2.50. The summed E-state index contributed by atoms with van der Waals surface area (Å²) in [5.74, 6) is 0. The Morgan fingerprint density at radius 3 is 2.43 bits per heavy atom. The maximum Gasteiger partial charge on any atom is 0.429 e. The van der Waals surface area contributed by atoms with Crippen LogP contribution in [0, 0.1) is 0 Å². The molecule has 0 spiro atoms. The second-order valence-corrected chi connectivity index (χ2v) is 3.92. The number of nitrogens with zero attached hydrogens (tertiary/aromatic N) is 2. The molecular weight excluding hydrogens is 193 g/mol. The topological polar surface area (TPSA) is 15.6 Å².